The van der Waals surface area contributed by atoms with Gasteiger partial charge in [0.2, 0.25) is 11.8 Å². The number of thioether (sulfide) groups is 1. The van der Waals surface area contributed by atoms with Gasteiger partial charge < -0.3 is 11.5 Å². The number of aromatic nitrogens is 1. The van der Waals surface area contributed by atoms with Crippen LogP contribution < -0.4 is 11.5 Å². The summed E-state index contributed by atoms with van der Waals surface area (Å²) in [6.45, 7) is 0. The summed E-state index contributed by atoms with van der Waals surface area (Å²) in [5.41, 5.74) is 15.2. The SMILES string of the molecule is N#Cc1c(Cl)nc(SC(C(N)=O)(c2ccccc2)C(C(N)=O)c2ccccc2)c2c1CCC2. The van der Waals surface area contributed by atoms with Crippen LogP contribution in [0.5, 0.6) is 0 Å². The molecule has 4 rings (SSSR count). The van der Waals surface area contributed by atoms with E-state index >= 15 is 0 Å². The van der Waals surface area contributed by atoms with Crippen LogP contribution in [0.1, 0.15) is 40.2 Å². The maximum atomic E-state index is 13.3. The average molecular weight is 477 g/mol. The fourth-order valence-electron chi connectivity index (χ4n) is 4.49. The first-order valence-corrected chi connectivity index (χ1v) is 11.6. The molecule has 6 nitrogen and oxygen atoms in total. The van der Waals surface area contributed by atoms with E-state index in [0.29, 0.717) is 34.6 Å². The number of benzene rings is 2. The van der Waals surface area contributed by atoms with Gasteiger partial charge in [0.15, 0.2) is 0 Å². The first-order chi connectivity index (χ1) is 15.9. The first-order valence-electron chi connectivity index (χ1n) is 10.4. The van der Waals surface area contributed by atoms with Crippen molar-refractivity contribution in [3.05, 3.63) is 93.6 Å². The number of nitrogens with two attached hydrogens (primary N) is 2. The minimum absolute atomic E-state index is 0.0717. The minimum Gasteiger partial charge on any atom is -0.369 e. The fourth-order valence-corrected chi connectivity index (χ4v) is 6.30. The van der Waals surface area contributed by atoms with Gasteiger partial charge in [0.1, 0.15) is 21.0 Å². The molecule has 166 valence electrons. The molecule has 1 aromatic heterocycles. The standard InChI is InChI=1S/C25H21ClN4O2S/c26-21-19(14-27)17-12-7-13-18(17)23(30-21)33-25(24(29)32,16-10-5-2-6-11-16)20(22(28)31)15-8-3-1-4-9-15/h1-6,8-11,20H,7,12-13H2,(H2,28,31)(H2,29,32). The van der Waals surface area contributed by atoms with Gasteiger partial charge in [0, 0.05) is 0 Å². The highest BCUT2D eigenvalue weighted by molar-refractivity contribution is 8.01. The second-order valence-corrected chi connectivity index (χ2v) is 9.41. The number of amides is 2. The molecule has 0 aliphatic heterocycles. The smallest absolute Gasteiger partial charge is 0.239 e. The van der Waals surface area contributed by atoms with Crippen molar-refractivity contribution in [1.29, 1.82) is 5.26 Å². The number of nitrogens with zero attached hydrogens (tertiary/aromatic N) is 2. The van der Waals surface area contributed by atoms with Crippen LogP contribution in [0.2, 0.25) is 5.15 Å². The molecule has 33 heavy (non-hydrogen) atoms. The summed E-state index contributed by atoms with van der Waals surface area (Å²) < 4.78 is -1.59. The number of pyridine rings is 1. The average Bonchev–Trinajstić information content (AvgIpc) is 3.29. The lowest BCUT2D eigenvalue weighted by atomic mass is 9.79. The summed E-state index contributed by atoms with van der Waals surface area (Å²) in [4.78, 5) is 30.8. The molecular weight excluding hydrogens is 456 g/mol. The van der Waals surface area contributed by atoms with E-state index in [1.165, 1.54) is 0 Å². The molecule has 8 heteroatoms. The molecule has 0 spiro atoms. The number of fused-ring (bicyclic) bond motifs is 1. The zero-order chi connectivity index (χ0) is 23.6. The van der Waals surface area contributed by atoms with Gasteiger partial charge in [0.05, 0.1) is 11.5 Å². The predicted molar refractivity (Wildman–Crippen MR) is 128 cm³/mol. The predicted octanol–water partition coefficient (Wildman–Crippen LogP) is 3.84. The molecule has 3 aromatic rings. The Kier molecular flexibility index (Phi) is 6.41. The third kappa shape index (κ3) is 3.97. The van der Waals surface area contributed by atoms with E-state index in [2.05, 4.69) is 11.1 Å². The first kappa shape index (κ1) is 22.8. The molecule has 0 fully saturated rings. The lowest BCUT2D eigenvalue weighted by Crippen LogP contribution is -2.48. The molecule has 0 saturated carbocycles. The molecule has 2 unspecified atom stereocenters. The van der Waals surface area contributed by atoms with Crippen LogP contribution in [0.4, 0.5) is 0 Å². The van der Waals surface area contributed by atoms with Crippen molar-refractivity contribution in [2.45, 2.75) is 35.0 Å². The molecule has 1 heterocycles. The fraction of sp³-hybridized carbons (Fsp3) is 0.200. The van der Waals surface area contributed by atoms with E-state index in [1.807, 2.05) is 12.1 Å². The van der Waals surface area contributed by atoms with Crippen LogP contribution in [0.25, 0.3) is 0 Å². The van der Waals surface area contributed by atoms with Crippen LogP contribution in [-0.4, -0.2) is 16.8 Å². The Morgan fingerprint density at radius 3 is 2.21 bits per heavy atom. The third-order valence-corrected chi connectivity index (χ3v) is 7.74. The Labute approximate surface area is 201 Å². The highest BCUT2D eigenvalue weighted by Gasteiger charge is 2.51. The van der Waals surface area contributed by atoms with Crippen molar-refractivity contribution >= 4 is 35.2 Å². The van der Waals surface area contributed by atoms with Crippen molar-refractivity contribution in [3.63, 3.8) is 0 Å². The summed E-state index contributed by atoms with van der Waals surface area (Å²) in [5, 5.41) is 10.1. The molecule has 0 radical (unpaired) electrons. The molecule has 1 aliphatic rings. The van der Waals surface area contributed by atoms with Crippen LogP contribution in [0.15, 0.2) is 65.7 Å². The van der Waals surface area contributed by atoms with Gasteiger partial charge in [-0.3, -0.25) is 9.59 Å². The summed E-state index contributed by atoms with van der Waals surface area (Å²) in [6, 6.07) is 19.9. The lowest BCUT2D eigenvalue weighted by Gasteiger charge is -2.37. The van der Waals surface area contributed by atoms with Gasteiger partial charge in [-0.25, -0.2) is 4.98 Å². The van der Waals surface area contributed by atoms with Crippen molar-refractivity contribution < 1.29 is 9.59 Å². The van der Waals surface area contributed by atoms with Crippen molar-refractivity contribution in [3.8, 4) is 6.07 Å². The normalized spacial score (nSPS) is 15.2. The van der Waals surface area contributed by atoms with E-state index in [-0.39, 0.29) is 5.15 Å². The number of carbonyl (C=O) groups is 2. The summed E-state index contributed by atoms with van der Waals surface area (Å²) in [5.74, 6) is -2.48. The Balaban J connectivity index is 2.00. The Bertz CT molecular complexity index is 1260. The monoisotopic (exact) mass is 476 g/mol. The summed E-state index contributed by atoms with van der Waals surface area (Å²) in [7, 11) is 0. The van der Waals surface area contributed by atoms with Crippen molar-refractivity contribution in [2.75, 3.05) is 0 Å². The highest BCUT2D eigenvalue weighted by atomic mass is 35.5. The van der Waals surface area contributed by atoms with Gasteiger partial charge in [-0.2, -0.15) is 5.26 Å². The molecule has 0 saturated heterocycles. The van der Waals surface area contributed by atoms with Gasteiger partial charge in [0.25, 0.3) is 0 Å². The van der Waals surface area contributed by atoms with E-state index in [0.717, 1.165) is 29.3 Å². The van der Waals surface area contributed by atoms with Crippen molar-refractivity contribution in [2.24, 2.45) is 11.5 Å². The maximum Gasteiger partial charge on any atom is 0.239 e. The van der Waals surface area contributed by atoms with E-state index < -0.39 is 22.5 Å². The number of halogens is 1. The van der Waals surface area contributed by atoms with Gasteiger partial charge in [-0.15, -0.1) is 0 Å². The topological polar surface area (TPSA) is 123 Å². The van der Waals surface area contributed by atoms with E-state index in [4.69, 9.17) is 23.1 Å². The van der Waals surface area contributed by atoms with Gasteiger partial charge in [-0.05, 0) is 41.5 Å². The van der Waals surface area contributed by atoms with Crippen LogP contribution in [0.3, 0.4) is 0 Å². The zero-order valence-corrected chi connectivity index (χ0v) is 19.2. The van der Waals surface area contributed by atoms with Crippen LogP contribution in [-0.2, 0) is 27.2 Å². The lowest BCUT2D eigenvalue weighted by molar-refractivity contribution is -0.127. The minimum atomic E-state index is -1.59. The Morgan fingerprint density at radius 2 is 1.64 bits per heavy atom. The van der Waals surface area contributed by atoms with Crippen molar-refractivity contribution in [1.82, 2.24) is 4.98 Å². The third-order valence-electron chi connectivity index (χ3n) is 5.95. The van der Waals surface area contributed by atoms with Crippen LogP contribution in [0, 0.1) is 11.3 Å². The van der Waals surface area contributed by atoms with Gasteiger partial charge >= 0.3 is 0 Å². The highest BCUT2D eigenvalue weighted by Crippen LogP contribution is 2.52. The molecule has 2 amide bonds. The number of hydrogen-bond acceptors (Lipinski definition) is 5. The van der Waals surface area contributed by atoms with Gasteiger partial charge in [-0.1, -0.05) is 84.0 Å². The largest absolute Gasteiger partial charge is 0.369 e. The molecule has 1 aliphatic carbocycles. The van der Waals surface area contributed by atoms with E-state index in [1.54, 1.807) is 48.5 Å². The number of nitriles is 1. The summed E-state index contributed by atoms with van der Waals surface area (Å²) in [6.07, 6.45) is 2.22. The molecule has 4 N–H and O–H groups in total. The molecular formula is C25H21ClN4O2S. The second kappa shape index (κ2) is 9.26. The number of carbonyl (C=O) groups excluding carboxylic acids is 2. The molecule has 2 atom stereocenters. The second-order valence-electron chi connectivity index (χ2n) is 7.82. The molecule has 0 bridgehead atoms. The Hall–Kier alpha value is -3.34. The van der Waals surface area contributed by atoms with E-state index in [9.17, 15) is 14.9 Å². The molecule has 2 aromatic carbocycles. The summed E-state index contributed by atoms with van der Waals surface area (Å²) >= 11 is 7.46. The zero-order valence-electron chi connectivity index (χ0n) is 17.6. The quantitative estimate of drug-likeness (QED) is 0.396. The maximum absolute atomic E-state index is 13.3. The number of primary amides is 2. The Morgan fingerprint density at radius 1 is 1.03 bits per heavy atom. The number of hydrogen-bond donors (Lipinski definition) is 2. The van der Waals surface area contributed by atoms with Crippen LogP contribution >= 0.6 is 23.4 Å². The number of rotatable bonds is 7.